The van der Waals surface area contributed by atoms with Crippen molar-refractivity contribution in [1.82, 2.24) is 15.1 Å². The van der Waals surface area contributed by atoms with Crippen LogP contribution in [0.25, 0.3) is 0 Å². The lowest BCUT2D eigenvalue weighted by Crippen LogP contribution is -2.36. The molecule has 0 aliphatic heterocycles. The second kappa shape index (κ2) is 8.46. The quantitative estimate of drug-likeness (QED) is 0.660. The molecular formula is C17H33N3. The van der Waals surface area contributed by atoms with Gasteiger partial charge in [0.25, 0.3) is 0 Å². The fourth-order valence-corrected chi connectivity index (χ4v) is 2.83. The number of aromatic nitrogens is 2. The lowest BCUT2D eigenvalue weighted by molar-refractivity contribution is 0.241. The zero-order chi connectivity index (χ0) is 15.0. The van der Waals surface area contributed by atoms with Gasteiger partial charge >= 0.3 is 0 Å². The molecule has 0 aliphatic rings. The van der Waals surface area contributed by atoms with E-state index >= 15 is 0 Å². The summed E-state index contributed by atoms with van der Waals surface area (Å²) in [7, 11) is 0. The van der Waals surface area contributed by atoms with E-state index in [1.165, 1.54) is 30.7 Å². The van der Waals surface area contributed by atoms with Crippen LogP contribution in [0.4, 0.5) is 0 Å². The molecule has 0 saturated heterocycles. The Hall–Kier alpha value is -0.830. The van der Waals surface area contributed by atoms with Gasteiger partial charge in [-0.3, -0.25) is 4.68 Å². The summed E-state index contributed by atoms with van der Waals surface area (Å²) >= 11 is 0. The monoisotopic (exact) mass is 279 g/mol. The van der Waals surface area contributed by atoms with Crippen molar-refractivity contribution in [2.24, 2.45) is 5.41 Å². The van der Waals surface area contributed by atoms with Gasteiger partial charge in [0.1, 0.15) is 0 Å². The Morgan fingerprint density at radius 2 is 1.85 bits per heavy atom. The van der Waals surface area contributed by atoms with E-state index in [9.17, 15) is 0 Å². The number of hydrogen-bond acceptors (Lipinski definition) is 2. The third-order valence-corrected chi connectivity index (χ3v) is 4.56. The summed E-state index contributed by atoms with van der Waals surface area (Å²) < 4.78 is 2.19. The largest absolute Gasteiger partial charge is 0.316 e. The van der Waals surface area contributed by atoms with Crippen LogP contribution in [0.2, 0.25) is 0 Å². The van der Waals surface area contributed by atoms with E-state index in [2.05, 4.69) is 50.7 Å². The third kappa shape index (κ3) is 4.34. The first-order chi connectivity index (χ1) is 9.64. The molecule has 1 rings (SSSR count). The van der Waals surface area contributed by atoms with Gasteiger partial charge in [0.15, 0.2) is 0 Å². The molecule has 0 aromatic carbocycles. The van der Waals surface area contributed by atoms with Crippen LogP contribution in [0, 0.1) is 5.41 Å². The number of aryl methyl sites for hydroxylation is 2. The van der Waals surface area contributed by atoms with E-state index in [4.69, 9.17) is 5.10 Å². The normalized spacial score (nSPS) is 12.1. The highest BCUT2D eigenvalue weighted by molar-refractivity contribution is 5.13. The van der Waals surface area contributed by atoms with Crippen molar-refractivity contribution in [3.05, 3.63) is 17.5 Å². The molecule has 1 aromatic heterocycles. The first-order valence-corrected chi connectivity index (χ1v) is 8.40. The molecule has 0 bridgehead atoms. The van der Waals surface area contributed by atoms with Gasteiger partial charge < -0.3 is 5.32 Å². The van der Waals surface area contributed by atoms with Crippen LogP contribution in [-0.4, -0.2) is 22.9 Å². The van der Waals surface area contributed by atoms with Gasteiger partial charge in [-0.2, -0.15) is 5.10 Å². The molecule has 20 heavy (non-hydrogen) atoms. The highest BCUT2D eigenvalue weighted by Crippen LogP contribution is 2.30. The number of rotatable bonds is 10. The molecule has 0 spiro atoms. The number of hydrogen-bond donors (Lipinski definition) is 1. The van der Waals surface area contributed by atoms with E-state index in [-0.39, 0.29) is 0 Å². The maximum absolute atomic E-state index is 4.69. The molecule has 0 amide bonds. The van der Waals surface area contributed by atoms with Gasteiger partial charge in [-0.1, -0.05) is 27.7 Å². The van der Waals surface area contributed by atoms with Crippen LogP contribution in [0.5, 0.6) is 0 Å². The second-order valence-corrected chi connectivity index (χ2v) is 5.86. The van der Waals surface area contributed by atoms with Crippen molar-refractivity contribution in [1.29, 1.82) is 0 Å². The first kappa shape index (κ1) is 17.2. The Labute approximate surface area is 125 Å². The Bertz CT molecular complexity index is 378. The average Bonchev–Trinajstić information content (AvgIpc) is 2.88. The SMILES string of the molecule is CCCNCC(CC)(CC)Cc1cc(CC)nn1CC. The lowest BCUT2D eigenvalue weighted by atomic mass is 9.78. The Balaban J connectivity index is 2.85. The molecule has 116 valence electrons. The maximum Gasteiger partial charge on any atom is 0.0624 e. The zero-order valence-electron chi connectivity index (χ0n) is 14.1. The molecule has 1 heterocycles. The minimum atomic E-state index is 0.368. The van der Waals surface area contributed by atoms with E-state index in [0.29, 0.717) is 5.41 Å². The van der Waals surface area contributed by atoms with Crippen LogP contribution in [-0.2, 0) is 19.4 Å². The van der Waals surface area contributed by atoms with Crippen LogP contribution >= 0.6 is 0 Å². The van der Waals surface area contributed by atoms with Gasteiger partial charge in [0.05, 0.1) is 5.69 Å². The summed E-state index contributed by atoms with van der Waals surface area (Å²) in [4.78, 5) is 0. The molecule has 0 aliphatic carbocycles. The smallest absolute Gasteiger partial charge is 0.0624 e. The van der Waals surface area contributed by atoms with E-state index in [0.717, 1.165) is 32.5 Å². The van der Waals surface area contributed by atoms with Crippen molar-refractivity contribution in [2.75, 3.05) is 13.1 Å². The van der Waals surface area contributed by atoms with Gasteiger partial charge in [0.2, 0.25) is 0 Å². The molecule has 0 unspecified atom stereocenters. The summed E-state index contributed by atoms with van der Waals surface area (Å²) in [6.07, 6.45) is 5.81. The highest BCUT2D eigenvalue weighted by Gasteiger charge is 2.27. The van der Waals surface area contributed by atoms with Gasteiger partial charge in [-0.25, -0.2) is 0 Å². The van der Waals surface area contributed by atoms with E-state index < -0.39 is 0 Å². The molecule has 1 aromatic rings. The Kier molecular flexibility index (Phi) is 7.28. The minimum Gasteiger partial charge on any atom is -0.316 e. The minimum absolute atomic E-state index is 0.368. The summed E-state index contributed by atoms with van der Waals surface area (Å²) in [5, 5.41) is 8.32. The first-order valence-electron chi connectivity index (χ1n) is 8.40. The summed E-state index contributed by atoms with van der Waals surface area (Å²) in [6.45, 7) is 14.5. The van der Waals surface area contributed by atoms with Crippen LogP contribution in [0.15, 0.2) is 6.07 Å². The standard InChI is InChI=1S/C17H33N3/c1-6-11-18-14-17(8-3,9-4)13-16-12-15(7-2)19-20(16)10-5/h12,18H,6-11,13-14H2,1-5H3. The Morgan fingerprint density at radius 3 is 2.35 bits per heavy atom. The van der Waals surface area contributed by atoms with Crippen molar-refractivity contribution >= 4 is 0 Å². The Morgan fingerprint density at radius 1 is 1.15 bits per heavy atom. The van der Waals surface area contributed by atoms with Gasteiger partial charge in [0, 0.05) is 18.8 Å². The van der Waals surface area contributed by atoms with E-state index in [1.807, 2.05) is 0 Å². The fourth-order valence-electron chi connectivity index (χ4n) is 2.83. The predicted octanol–water partition coefficient (Wildman–Crippen LogP) is 3.81. The zero-order valence-corrected chi connectivity index (χ0v) is 14.1. The number of nitrogens with one attached hydrogen (secondary N) is 1. The molecule has 0 saturated carbocycles. The fraction of sp³-hybridized carbons (Fsp3) is 0.824. The topological polar surface area (TPSA) is 29.9 Å². The van der Waals surface area contributed by atoms with Crippen LogP contribution in [0.3, 0.4) is 0 Å². The average molecular weight is 279 g/mol. The van der Waals surface area contributed by atoms with Crippen molar-refractivity contribution in [2.45, 2.75) is 73.3 Å². The number of nitrogens with zero attached hydrogens (tertiary/aromatic N) is 2. The summed E-state index contributed by atoms with van der Waals surface area (Å²) in [5.41, 5.74) is 3.00. The molecule has 0 atom stereocenters. The molecular weight excluding hydrogens is 246 g/mol. The van der Waals surface area contributed by atoms with Crippen molar-refractivity contribution < 1.29 is 0 Å². The molecule has 0 fully saturated rings. The third-order valence-electron chi connectivity index (χ3n) is 4.56. The van der Waals surface area contributed by atoms with Crippen LogP contribution in [0.1, 0.15) is 65.3 Å². The maximum atomic E-state index is 4.69. The summed E-state index contributed by atoms with van der Waals surface area (Å²) in [6, 6.07) is 2.31. The van der Waals surface area contributed by atoms with Crippen LogP contribution < -0.4 is 5.32 Å². The van der Waals surface area contributed by atoms with Gasteiger partial charge in [-0.15, -0.1) is 0 Å². The lowest BCUT2D eigenvalue weighted by Gasteiger charge is -2.32. The predicted molar refractivity (Wildman–Crippen MR) is 87.2 cm³/mol. The van der Waals surface area contributed by atoms with E-state index in [1.54, 1.807) is 0 Å². The molecule has 3 heteroatoms. The second-order valence-electron chi connectivity index (χ2n) is 5.86. The van der Waals surface area contributed by atoms with Crippen molar-refractivity contribution in [3.8, 4) is 0 Å². The molecule has 3 nitrogen and oxygen atoms in total. The molecule has 1 N–H and O–H groups in total. The summed E-state index contributed by atoms with van der Waals surface area (Å²) in [5.74, 6) is 0. The van der Waals surface area contributed by atoms with Gasteiger partial charge in [-0.05, 0) is 57.1 Å². The highest BCUT2D eigenvalue weighted by atomic mass is 15.3. The molecule has 0 radical (unpaired) electrons. The van der Waals surface area contributed by atoms with Crippen molar-refractivity contribution in [3.63, 3.8) is 0 Å².